The molecule has 1 amide bonds. The molecule has 0 radical (unpaired) electrons. The molecule has 1 aromatic carbocycles. The van der Waals surface area contributed by atoms with E-state index < -0.39 is 11.7 Å². The largest absolute Gasteiger partial charge is 0.376 e. The van der Waals surface area contributed by atoms with Crippen molar-refractivity contribution in [3.63, 3.8) is 0 Å². The first kappa shape index (κ1) is 13.9. The Morgan fingerprint density at radius 2 is 2.42 bits per heavy atom. The number of rotatable bonds is 5. The van der Waals surface area contributed by atoms with E-state index in [0.29, 0.717) is 17.7 Å². The molecule has 0 bridgehead atoms. The van der Waals surface area contributed by atoms with E-state index in [1.54, 1.807) is 0 Å². The van der Waals surface area contributed by atoms with Gasteiger partial charge in [-0.15, -0.1) is 0 Å². The third kappa shape index (κ3) is 3.73. The van der Waals surface area contributed by atoms with Crippen molar-refractivity contribution in [2.45, 2.75) is 25.6 Å². The lowest BCUT2D eigenvalue weighted by Gasteiger charge is -2.11. The molecule has 1 aliphatic heterocycles. The van der Waals surface area contributed by atoms with Gasteiger partial charge in [-0.25, -0.2) is 10.2 Å². The van der Waals surface area contributed by atoms with Gasteiger partial charge in [-0.1, -0.05) is 0 Å². The van der Waals surface area contributed by atoms with Gasteiger partial charge in [0.25, 0.3) is 5.91 Å². The van der Waals surface area contributed by atoms with Crippen LogP contribution in [0.25, 0.3) is 0 Å². The van der Waals surface area contributed by atoms with Gasteiger partial charge in [0.1, 0.15) is 5.82 Å². The molecule has 104 valence electrons. The molecular formula is C13H17FN2O3. The number of nitrogens with two attached hydrogens (primary N) is 1. The summed E-state index contributed by atoms with van der Waals surface area (Å²) >= 11 is 0. The van der Waals surface area contributed by atoms with Crippen LogP contribution in [0.5, 0.6) is 0 Å². The van der Waals surface area contributed by atoms with Crippen molar-refractivity contribution in [3.05, 3.63) is 35.1 Å². The zero-order chi connectivity index (χ0) is 13.7. The predicted octanol–water partition coefficient (Wildman–Crippen LogP) is 1.12. The van der Waals surface area contributed by atoms with Gasteiger partial charge in [0, 0.05) is 17.7 Å². The zero-order valence-corrected chi connectivity index (χ0v) is 10.5. The number of carbonyl (C=O) groups is 1. The maximum absolute atomic E-state index is 13.6. The van der Waals surface area contributed by atoms with Crippen LogP contribution >= 0.6 is 0 Å². The van der Waals surface area contributed by atoms with E-state index in [2.05, 4.69) is 0 Å². The number of benzene rings is 1. The molecule has 0 aromatic heterocycles. The van der Waals surface area contributed by atoms with Crippen LogP contribution in [0.15, 0.2) is 18.2 Å². The van der Waals surface area contributed by atoms with E-state index >= 15 is 0 Å². The highest BCUT2D eigenvalue weighted by Crippen LogP contribution is 2.15. The summed E-state index contributed by atoms with van der Waals surface area (Å²) in [7, 11) is 0. The first-order chi connectivity index (χ1) is 9.20. The average molecular weight is 268 g/mol. The second-order valence-corrected chi connectivity index (χ2v) is 4.43. The SMILES string of the molecule is NNC(=O)c1ccc(F)c(COCC2CCCO2)c1. The Hall–Kier alpha value is -1.50. The minimum absolute atomic E-state index is 0.0959. The van der Waals surface area contributed by atoms with Gasteiger partial charge in [0.05, 0.1) is 19.3 Å². The van der Waals surface area contributed by atoms with Crippen molar-refractivity contribution in [1.29, 1.82) is 0 Å². The molecule has 3 N–H and O–H groups in total. The summed E-state index contributed by atoms with van der Waals surface area (Å²) in [5.41, 5.74) is 2.64. The van der Waals surface area contributed by atoms with Gasteiger partial charge >= 0.3 is 0 Å². The standard InChI is InChI=1S/C13H17FN2O3/c14-12-4-3-9(13(17)16-15)6-10(12)7-18-8-11-2-1-5-19-11/h3-4,6,11H,1-2,5,7-8,15H2,(H,16,17). The molecule has 0 spiro atoms. The Morgan fingerprint density at radius 3 is 3.11 bits per heavy atom. The molecule has 2 rings (SSSR count). The van der Waals surface area contributed by atoms with Gasteiger partial charge < -0.3 is 9.47 Å². The third-order valence-electron chi connectivity index (χ3n) is 3.02. The van der Waals surface area contributed by atoms with E-state index in [4.69, 9.17) is 15.3 Å². The summed E-state index contributed by atoms with van der Waals surface area (Å²) < 4.78 is 24.4. The number of carbonyl (C=O) groups excluding carboxylic acids is 1. The van der Waals surface area contributed by atoms with Crippen molar-refractivity contribution in [3.8, 4) is 0 Å². The van der Waals surface area contributed by atoms with Crippen LogP contribution < -0.4 is 11.3 Å². The van der Waals surface area contributed by atoms with Crippen LogP contribution in [-0.4, -0.2) is 25.2 Å². The van der Waals surface area contributed by atoms with E-state index in [0.717, 1.165) is 19.4 Å². The fraction of sp³-hybridized carbons (Fsp3) is 0.462. The molecule has 1 aromatic rings. The van der Waals surface area contributed by atoms with E-state index in [1.165, 1.54) is 18.2 Å². The zero-order valence-electron chi connectivity index (χ0n) is 10.5. The number of nitrogen functional groups attached to an aromatic ring is 1. The van der Waals surface area contributed by atoms with Crippen molar-refractivity contribution in [2.75, 3.05) is 13.2 Å². The molecule has 1 unspecified atom stereocenters. The summed E-state index contributed by atoms with van der Waals surface area (Å²) in [6.07, 6.45) is 2.10. The molecule has 19 heavy (non-hydrogen) atoms. The van der Waals surface area contributed by atoms with E-state index in [-0.39, 0.29) is 12.7 Å². The second-order valence-electron chi connectivity index (χ2n) is 4.43. The summed E-state index contributed by atoms with van der Waals surface area (Å²) in [6.45, 7) is 1.30. The molecule has 0 aliphatic carbocycles. The Labute approximate surface area is 110 Å². The number of hydrogen-bond acceptors (Lipinski definition) is 4. The monoisotopic (exact) mass is 268 g/mol. The number of hydrogen-bond donors (Lipinski definition) is 2. The van der Waals surface area contributed by atoms with Gasteiger partial charge in [-0.2, -0.15) is 0 Å². The first-order valence-corrected chi connectivity index (χ1v) is 6.19. The lowest BCUT2D eigenvalue weighted by molar-refractivity contribution is 0.00981. The van der Waals surface area contributed by atoms with Crippen LogP contribution in [0.4, 0.5) is 4.39 Å². The van der Waals surface area contributed by atoms with Crippen molar-refractivity contribution in [2.24, 2.45) is 5.84 Å². The number of hydrazine groups is 1. The third-order valence-corrected chi connectivity index (χ3v) is 3.02. The van der Waals surface area contributed by atoms with Crippen molar-refractivity contribution in [1.82, 2.24) is 5.43 Å². The lowest BCUT2D eigenvalue weighted by Crippen LogP contribution is -2.30. The fourth-order valence-corrected chi connectivity index (χ4v) is 1.99. The highest BCUT2D eigenvalue weighted by atomic mass is 19.1. The topological polar surface area (TPSA) is 73.6 Å². The summed E-state index contributed by atoms with van der Waals surface area (Å²) in [6, 6.07) is 4.05. The quantitative estimate of drug-likeness (QED) is 0.477. The molecule has 1 fully saturated rings. The smallest absolute Gasteiger partial charge is 0.265 e. The lowest BCUT2D eigenvalue weighted by atomic mass is 10.1. The Bertz CT molecular complexity index is 448. The minimum atomic E-state index is -0.458. The minimum Gasteiger partial charge on any atom is -0.376 e. The number of nitrogens with one attached hydrogen (secondary N) is 1. The van der Waals surface area contributed by atoms with Crippen LogP contribution in [0, 0.1) is 5.82 Å². The van der Waals surface area contributed by atoms with Crippen molar-refractivity contribution < 1.29 is 18.7 Å². The molecule has 1 saturated heterocycles. The maximum atomic E-state index is 13.6. The van der Waals surface area contributed by atoms with Gasteiger partial charge in [0.15, 0.2) is 0 Å². The highest BCUT2D eigenvalue weighted by molar-refractivity contribution is 5.93. The maximum Gasteiger partial charge on any atom is 0.265 e. The normalized spacial score (nSPS) is 18.5. The summed E-state index contributed by atoms with van der Waals surface area (Å²) in [4.78, 5) is 11.3. The highest BCUT2D eigenvalue weighted by Gasteiger charge is 2.16. The van der Waals surface area contributed by atoms with Crippen LogP contribution in [0.3, 0.4) is 0 Å². The van der Waals surface area contributed by atoms with E-state index in [9.17, 15) is 9.18 Å². The average Bonchev–Trinajstić information content (AvgIpc) is 2.93. The molecule has 1 aliphatic rings. The molecule has 6 heteroatoms. The Kier molecular flexibility index (Phi) is 4.84. The van der Waals surface area contributed by atoms with Gasteiger partial charge in [0.2, 0.25) is 0 Å². The van der Waals surface area contributed by atoms with Crippen molar-refractivity contribution >= 4 is 5.91 Å². The predicted molar refractivity (Wildman–Crippen MR) is 66.7 cm³/mol. The molecule has 1 atom stereocenters. The molecule has 5 nitrogen and oxygen atoms in total. The summed E-state index contributed by atoms with van der Waals surface area (Å²) in [5, 5.41) is 0. The first-order valence-electron chi connectivity index (χ1n) is 6.19. The van der Waals surface area contributed by atoms with E-state index in [1.807, 2.05) is 5.43 Å². The van der Waals surface area contributed by atoms with Crippen LogP contribution in [0.1, 0.15) is 28.8 Å². The molecule has 0 saturated carbocycles. The fourth-order valence-electron chi connectivity index (χ4n) is 1.99. The Morgan fingerprint density at radius 1 is 1.58 bits per heavy atom. The number of ether oxygens (including phenoxy) is 2. The second kappa shape index (κ2) is 6.60. The van der Waals surface area contributed by atoms with Gasteiger partial charge in [-0.05, 0) is 31.0 Å². The van der Waals surface area contributed by atoms with Crippen LogP contribution in [-0.2, 0) is 16.1 Å². The molecule has 1 heterocycles. The van der Waals surface area contributed by atoms with Gasteiger partial charge in [-0.3, -0.25) is 10.2 Å². The Balaban J connectivity index is 1.92. The summed E-state index contributed by atoms with van der Waals surface area (Å²) in [5.74, 6) is 4.17. The van der Waals surface area contributed by atoms with Crippen LogP contribution in [0.2, 0.25) is 0 Å². The molecular weight excluding hydrogens is 251 g/mol. The number of amides is 1. The number of halogens is 1.